The molecule has 1 rings (SSSR count). The minimum atomic E-state index is 0.190. The van der Waals surface area contributed by atoms with Crippen LogP contribution in [0.1, 0.15) is 33.6 Å². The fraction of sp³-hybridized carbons (Fsp3) is 1.00. The topological polar surface area (TPSA) is 3.24 Å². The van der Waals surface area contributed by atoms with Crippen LogP contribution in [0, 0.1) is 0 Å². The fourth-order valence-electron chi connectivity index (χ4n) is 1.74. The Labute approximate surface area is 72.0 Å². The highest BCUT2D eigenvalue weighted by Gasteiger charge is 2.27. The molecule has 11 heavy (non-hydrogen) atoms. The van der Waals surface area contributed by atoms with Gasteiger partial charge < -0.3 is 0 Å². The molecule has 1 fully saturated rings. The molecule has 0 radical (unpaired) electrons. The van der Waals surface area contributed by atoms with Crippen molar-refractivity contribution < 1.29 is 0 Å². The first kappa shape index (κ1) is 9.48. The van der Waals surface area contributed by atoms with Crippen LogP contribution < -0.4 is 0 Å². The average molecular weight is 173 g/mol. The molecular formula is C9H20NP. The molecule has 0 aromatic heterocycles. The van der Waals surface area contributed by atoms with Gasteiger partial charge in [-0.05, 0) is 54.5 Å². The zero-order valence-corrected chi connectivity index (χ0v) is 9.12. The van der Waals surface area contributed by atoms with Crippen LogP contribution >= 0.6 is 8.07 Å². The predicted molar refractivity (Wildman–Crippen MR) is 53.4 cm³/mol. The first-order valence-corrected chi connectivity index (χ1v) is 6.43. The summed E-state index contributed by atoms with van der Waals surface area (Å²) in [7, 11) is 0.190. The maximum absolute atomic E-state index is 2.69. The van der Waals surface area contributed by atoms with Gasteiger partial charge in [0.2, 0.25) is 0 Å². The van der Waals surface area contributed by atoms with Crippen LogP contribution in [0.5, 0.6) is 0 Å². The van der Waals surface area contributed by atoms with E-state index in [4.69, 9.17) is 0 Å². The lowest BCUT2D eigenvalue weighted by Gasteiger charge is -2.43. The summed E-state index contributed by atoms with van der Waals surface area (Å²) in [5.41, 5.74) is 0.404. The highest BCUT2D eigenvalue weighted by atomic mass is 31.1. The van der Waals surface area contributed by atoms with E-state index in [9.17, 15) is 0 Å². The zero-order chi connectivity index (χ0) is 8.48. The monoisotopic (exact) mass is 173 g/mol. The lowest BCUT2D eigenvalue weighted by atomic mass is 10.1. The second-order valence-electron chi connectivity index (χ2n) is 4.38. The molecular weight excluding hydrogens is 153 g/mol. The third-order valence-electron chi connectivity index (χ3n) is 2.29. The Bertz CT molecular complexity index is 128. The molecule has 2 heteroatoms. The number of hydrogen-bond acceptors (Lipinski definition) is 1. The average Bonchev–Trinajstić information content (AvgIpc) is 1.86. The van der Waals surface area contributed by atoms with Crippen LogP contribution in [0.15, 0.2) is 0 Å². The number of nitrogens with zero attached hydrogens (tertiary/aromatic N) is 1. The lowest BCUT2D eigenvalue weighted by molar-refractivity contribution is 0.252. The summed E-state index contributed by atoms with van der Waals surface area (Å²) in [6.45, 7) is 10.7. The molecule has 66 valence electrons. The van der Waals surface area contributed by atoms with Gasteiger partial charge in [-0.2, -0.15) is 0 Å². The van der Waals surface area contributed by atoms with Gasteiger partial charge in [0.15, 0.2) is 0 Å². The molecule has 1 aliphatic rings. The van der Waals surface area contributed by atoms with Gasteiger partial charge >= 0.3 is 0 Å². The van der Waals surface area contributed by atoms with Crippen molar-refractivity contribution >= 4 is 8.07 Å². The third kappa shape index (κ3) is 2.42. The predicted octanol–water partition coefficient (Wildman–Crippen LogP) is 2.91. The van der Waals surface area contributed by atoms with Crippen molar-refractivity contribution in [3.05, 3.63) is 0 Å². The molecule has 0 N–H and O–H groups in total. The van der Waals surface area contributed by atoms with Gasteiger partial charge in [0, 0.05) is 12.1 Å². The van der Waals surface area contributed by atoms with Crippen LogP contribution in [0.25, 0.3) is 0 Å². The molecule has 0 spiro atoms. The van der Waals surface area contributed by atoms with Crippen molar-refractivity contribution in [3.63, 3.8) is 0 Å². The van der Waals surface area contributed by atoms with E-state index in [1.165, 1.54) is 25.5 Å². The van der Waals surface area contributed by atoms with E-state index in [1.54, 1.807) is 0 Å². The van der Waals surface area contributed by atoms with E-state index in [2.05, 4.69) is 32.1 Å². The maximum Gasteiger partial charge on any atom is 0.0161 e. The summed E-state index contributed by atoms with van der Waals surface area (Å²) >= 11 is 0. The minimum Gasteiger partial charge on any atom is -0.277 e. The quantitative estimate of drug-likeness (QED) is 0.509. The third-order valence-corrected chi connectivity index (χ3v) is 4.88. The standard InChI is InChI=1S/C9H20NP/c1-9(2,3)10-7-5-6-8-11(10)4/h5-8H2,1-4H3. The van der Waals surface area contributed by atoms with Crippen molar-refractivity contribution in [2.45, 2.75) is 39.2 Å². The second-order valence-corrected chi connectivity index (χ2v) is 6.63. The molecule has 1 aliphatic heterocycles. The van der Waals surface area contributed by atoms with Crippen LogP contribution in [0.2, 0.25) is 0 Å². The Kier molecular flexibility index (Phi) is 2.94. The van der Waals surface area contributed by atoms with E-state index in [0.29, 0.717) is 5.54 Å². The second kappa shape index (κ2) is 3.41. The highest BCUT2D eigenvalue weighted by molar-refractivity contribution is 7.54. The van der Waals surface area contributed by atoms with E-state index in [0.717, 1.165) is 0 Å². The SMILES string of the molecule is CP1CCCCN1C(C)(C)C. The zero-order valence-electron chi connectivity index (χ0n) is 8.22. The van der Waals surface area contributed by atoms with E-state index in [-0.39, 0.29) is 8.07 Å². The number of hydrogen-bond donors (Lipinski definition) is 0. The highest BCUT2D eigenvalue weighted by Crippen LogP contribution is 2.45. The van der Waals surface area contributed by atoms with E-state index in [1.807, 2.05) is 0 Å². The largest absolute Gasteiger partial charge is 0.277 e. The first-order chi connectivity index (χ1) is 5.02. The normalized spacial score (nSPS) is 28.9. The van der Waals surface area contributed by atoms with Gasteiger partial charge in [0.1, 0.15) is 0 Å². The Morgan fingerprint density at radius 3 is 2.18 bits per heavy atom. The molecule has 1 atom stereocenters. The molecule has 0 bridgehead atoms. The smallest absolute Gasteiger partial charge is 0.0161 e. The Hall–Kier alpha value is 0.390. The molecule has 0 aromatic carbocycles. The van der Waals surface area contributed by atoms with Crippen LogP contribution in [-0.4, -0.2) is 29.6 Å². The Balaban J connectivity index is 2.55. The fourth-order valence-corrected chi connectivity index (χ4v) is 4.17. The summed E-state index contributed by atoms with van der Waals surface area (Å²) < 4.78 is 2.69. The molecule has 0 amide bonds. The minimum absolute atomic E-state index is 0.190. The summed E-state index contributed by atoms with van der Waals surface area (Å²) in [4.78, 5) is 0. The van der Waals surface area contributed by atoms with Crippen molar-refractivity contribution in [2.75, 3.05) is 19.4 Å². The van der Waals surface area contributed by atoms with Crippen molar-refractivity contribution in [3.8, 4) is 0 Å². The van der Waals surface area contributed by atoms with Gasteiger partial charge in [0.05, 0.1) is 0 Å². The van der Waals surface area contributed by atoms with Gasteiger partial charge in [0.25, 0.3) is 0 Å². The molecule has 0 aromatic rings. The lowest BCUT2D eigenvalue weighted by Crippen LogP contribution is -2.40. The van der Waals surface area contributed by atoms with Crippen LogP contribution in [0.3, 0.4) is 0 Å². The Morgan fingerprint density at radius 2 is 1.82 bits per heavy atom. The van der Waals surface area contributed by atoms with Crippen molar-refractivity contribution in [1.82, 2.24) is 4.67 Å². The first-order valence-electron chi connectivity index (χ1n) is 4.50. The molecule has 0 saturated carbocycles. The van der Waals surface area contributed by atoms with Crippen LogP contribution in [0.4, 0.5) is 0 Å². The van der Waals surface area contributed by atoms with Gasteiger partial charge in [-0.25, -0.2) is 0 Å². The Morgan fingerprint density at radius 1 is 1.18 bits per heavy atom. The maximum atomic E-state index is 2.69. The van der Waals surface area contributed by atoms with Gasteiger partial charge in [-0.15, -0.1) is 0 Å². The van der Waals surface area contributed by atoms with Crippen molar-refractivity contribution in [1.29, 1.82) is 0 Å². The molecule has 1 saturated heterocycles. The molecule has 1 nitrogen and oxygen atoms in total. The van der Waals surface area contributed by atoms with Crippen LogP contribution in [-0.2, 0) is 0 Å². The molecule has 1 heterocycles. The van der Waals surface area contributed by atoms with Gasteiger partial charge in [-0.3, -0.25) is 4.67 Å². The molecule has 1 unspecified atom stereocenters. The molecule has 0 aliphatic carbocycles. The van der Waals surface area contributed by atoms with Crippen molar-refractivity contribution in [2.24, 2.45) is 0 Å². The van der Waals surface area contributed by atoms with Gasteiger partial charge in [-0.1, -0.05) is 0 Å². The summed E-state index contributed by atoms with van der Waals surface area (Å²) in [6, 6.07) is 0. The van der Waals surface area contributed by atoms with E-state index >= 15 is 0 Å². The number of rotatable bonds is 0. The summed E-state index contributed by atoms with van der Waals surface area (Å²) in [5.74, 6) is 0. The summed E-state index contributed by atoms with van der Waals surface area (Å²) in [6.07, 6.45) is 4.31. The summed E-state index contributed by atoms with van der Waals surface area (Å²) in [5, 5.41) is 0. The van der Waals surface area contributed by atoms with E-state index < -0.39 is 0 Å².